The summed E-state index contributed by atoms with van der Waals surface area (Å²) in [6.07, 6.45) is 3.01. The molecule has 0 fully saturated rings. The molecule has 4 N–H and O–H groups in total. The van der Waals surface area contributed by atoms with E-state index in [0.717, 1.165) is 17.2 Å². The van der Waals surface area contributed by atoms with Gasteiger partial charge < -0.3 is 10.5 Å². The molecule has 0 radical (unpaired) electrons. The molecule has 9 heteroatoms. The molecular weight excluding hydrogens is 415 g/mol. The first kappa shape index (κ1) is 20.7. The fourth-order valence-electron chi connectivity index (χ4n) is 3.22. The smallest absolute Gasteiger partial charge is 0.330 e. The second-order valence-electron chi connectivity index (χ2n) is 7.19. The molecule has 0 saturated heterocycles. The summed E-state index contributed by atoms with van der Waals surface area (Å²) in [6.45, 7) is 1.97. The van der Waals surface area contributed by atoms with E-state index in [9.17, 15) is 19.3 Å². The topological polar surface area (TPSA) is 109 Å². The number of nitrogens with one attached hydrogen (secondary N) is 2. The number of nitrogens with zero attached hydrogens (tertiary/aromatic N) is 2. The van der Waals surface area contributed by atoms with Gasteiger partial charge in [0, 0.05) is 17.8 Å². The molecule has 0 saturated carbocycles. The molecule has 1 aromatic heterocycles. The molecule has 0 aliphatic heterocycles. The average Bonchev–Trinajstić information content (AvgIpc) is 3.09. The fourth-order valence-corrected chi connectivity index (χ4v) is 3.22. The number of amides is 1. The van der Waals surface area contributed by atoms with Gasteiger partial charge in [-0.3, -0.25) is 4.79 Å². The monoisotopic (exact) mass is 434 g/mol. The van der Waals surface area contributed by atoms with E-state index >= 15 is 0 Å². The minimum absolute atomic E-state index is 0.0298. The van der Waals surface area contributed by atoms with Crippen LogP contribution in [0.4, 0.5) is 15.8 Å². The highest BCUT2D eigenvalue weighted by atomic mass is 19.1. The molecule has 0 spiro atoms. The lowest BCUT2D eigenvalue weighted by molar-refractivity contribution is -0.875. The van der Waals surface area contributed by atoms with E-state index in [0.29, 0.717) is 10.2 Å². The Morgan fingerprint density at radius 1 is 1.12 bits per heavy atom. The highest BCUT2D eigenvalue weighted by Gasteiger charge is 2.26. The Kier molecular flexibility index (Phi) is 5.38. The van der Waals surface area contributed by atoms with Crippen molar-refractivity contribution in [1.29, 1.82) is 0 Å². The van der Waals surface area contributed by atoms with Crippen LogP contribution in [0.3, 0.4) is 0 Å². The van der Waals surface area contributed by atoms with Crippen molar-refractivity contribution in [1.82, 2.24) is 4.98 Å². The summed E-state index contributed by atoms with van der Waals surface area (Å²) in [7, 11) is 0. The lowest BCUT2D eigenvalue weighted by Crippen LogP contribution is -2.31. The van der Waals surface area contributed by atoms with Gasteiger partial charge in [0.05, 0.1) is 11.0 Å². The van der Waals surface area contributed by atoms with Crippen LogP contribution >= 0.6 is 0 Å². The zero-order chi connectivity index (χ0) is 22.8. The number of anilines is 1. The first-order valence-corrected chi connectivity index (χ1v) is 9.60. The van der Waals surface area contributed by atoms with E-state index in [4.69, 9.17) is 5.21 Å². The maximum absolute atomic E-state index is 14.8. The highest BCUT2D eigenvalue weighted by Crippen LogP contribution is 2.25. The number of aromatic nitrogens is 2. The number of aromatic amines is 1. The summed E-state index contributed by atoms with van der Waals surface area (Å²) in [5.41, 5.74) is 2.77. The SMILES string of the molecule is Cc1ccc(/C=C/C(=O)Nc2ccc(-c3[nH]c4ccc([N+](=O)O)cc4[n+]3O)c(F)c2)cc1. The van der Waals surface area contributed by atoms with E-state index in [1.807, 2.05) is 31.2 Å². The molecule has 0 bridgehead atoms. The summed E-state index contributed by atoms with van der Waals surface area (Å²) in [5.74, 6) is -1.08. The van der Waals surface area contributed by atoms with Crippen LogP contribution in [0.25, 0.3) is 28.5 Å². The number of carbonyl (C=O) groups excluding carboxylic acids is 1. The van der Waals surface area contributed by atoms with E-state index in [2.05, 4.69) is 10.3 Å². The van der Waals surface area contributed by atoms with Crippen molar-refractivity contribution in [3.8, 4) is 11.4 Å². The number of halogens is 1. The average molecular weight is 434 g/mol. The normalized spacial score (nSPS) is 11.2. The van der Waals surface area contributed by atoms with E-state index in [1.165, 1.54) is 36.4 Å². The number of hydrogen-bond donors (Lipinski definition) is 4. The number of rotatable bonds is 5. The molecule has 1 heterocycles. The van der Waals surface area contributed by atoms with Crippen LogP contribution in [0.5, 0.6) is 0 Å². The van der Waals surface area contributed by atoms with E-state index in [1.54, 1.807) is 6.08 Å². The summed E-state index contributed by atoms with van der Waals surface area (Å²) in [4.78, 5) is 25.8. The molecule has 160 valence electrons. The van der Waals surface area contributed by atoms with Crippen molar-refractivity contribution in [3.63, 3.8) is 0 Å². The number of carbonyl (C=O) groups is 1. The molecule has 4 aromatic rings. The predicted octanol–water partition coefficient (Wildman–Crippen LogP) is 4.26. The van der Waals surface area contributed by atoms with Crippen LogP contribution in [0, 0.1) is 17.6 Å². The lowest BCUT2D eigenvalue weighted by Gasteiger charge is -2.04. The third kappa shape index (κ3) is 4.17. The van der Waals surface area contributed by atoms with Crippen LogP contribution in [-0.4, -0.2) is 26.2 Å². The molecule has 32 heavy (non-hydrogen) atoms. The molecule has 1 amide bonds. The van der Waals surface area contributed by atoms with Gasteiger partial charge in [0.25, 0.3) is 4.92 Å². The summed E-state index contributed by atoms with van der Waals surface area (Å²) >= 11 is 0. The zero-order valence-electron chi connectivity index (χ0n) is 16.9. The van der Waals surface area contributed by atoms with Crippen molar-refractivity contribution in [2.24, 2.45) is 0 Å². The standard InChI is InChI=1S/C23H17FN4O4/c1-14-2-4-15(5-3-14)6-11-22(29)25-16-7-9-18(19(24)12-16)23-26-20-10-8-17(28(31)32)13-21(20)27(23)30/h2-13,30H,1H3,(H-,25,26,29,31,32)/p+2/b11-6+. The molecule has 0 atom stereocenters. The number of fused-ring (bicyclic) bond motifs is 1. The third-order valence-electron chi connectivity index (χ3n) is 4.89. The second-order valence-corrected chi connectivity index (χ2v) is 7.19. The Morgan fingerprint density at radius 3 is 2.56 bits per heavy atom. The van der Waals surface area contributed by atoms with Gasteiger partial charge in [0.15, 0.2) is 5.52 Å². The second kappa shape index (κ2) is 8.31. The Bertz CT molecular complexity index is 1380. The number of imidazole rings is 1. The zero-order valence-corrected chi connectivity index (χ0v) is 16.9. The van der Waals surface area contributed by atoms with Gasteiger partial charge in [0.1, 0.15) is 11.4 Å². The van der Waals surface area contributed by atoms with Crippen molar-refractivity contribution >= 4 is 34.4 Å². The maximum atomic E-state index is 14.8. The minimum atomic E-state index is -0.687. The van der Waals surface area contributed by atoms with Crippen LogP contribution in [0.2, 0.25) is 0 Å². The van der Waals surface area contributed by atoms with Crippen molar-refractivity contribution in [2.45, 2.75) is 6.92 Å². The first-order valence-electron chi connectivity index (χ1n) is 9.60. The van der Waals surface area contributed by atoms with Crippen LogP contribution in [-0.2, 0) is 4.79 Å². The molecular formula is C23H19FN4O4+2. The highest BCUT2D eigenvalue weighted by molar-refractivity contribution is 6.02. The van der Waals surface area contributed by atoms with Gasteiger partial charge in [0.2, 0.25) is 11.4 Å². The van der Waals surface area contributed by atoms with Crippen LogP contribution < -0.4 is 10.0 Å². The number of H-pyrrole nitrogens is 1. The largest absolute Gasteiger partial charge is 0.349 e. The molecule has 8 nitrogen and oxygen atoms in total. The molecule has 3 aromatic carbocycles. The molecule has 0 aliphatic carbocycles. The van der Waals surface area contributed by atoms with E-state index < -0.39 is 11.7 Å². The maximum Gasteiger partial charge on any atom is 0.330 e. The molecule has 0 aliphatic rings. The first-order chi connectivity index (χ1) is 15.3. The summed E-state index contributed by atoms with van der Waals surface area (Å²) in [6, 6.07) is 15.7. The number of aryl methyl sites for hydroxylation is 1. The van der Waals surface area contributed by atoms with E-state index in [-0.39, 0.29) is 33.2 Å². The summed E-state index contributed by atoms with van der Waals surface area (Å²) < 4.78 is 15.5. The Hall–Kier alpha value is -4.53. The number of hydrogen-bond acceptors (Lipinski definition) is 3. The predicted molar refractivity (Wildman–Crippen MR) is 115 cm³/mol. The third-order valence-corrected chi connectivity index (χ3v) is 4.89. The van der Waals surface area contributed by atoms with Gasteiger partial charge >= 0.3 is 11.5 Å². The van der Waals surface area contributed by atoms with Gasteiger partial charge in [-0.1, -0.05) is 29.8 Å². The Balaban J connectivity index is 1.55. The van der Waals surface area contributed by atoms with Gasteiger partial charge in [-0.2, -0.15) is 0 Å². The van der Waals surface area contributed by atoms with Gasteiger partial charge in [-0.15, -0.1) is 0 Å². The minimum Gasteiger partial charge on any atom is -0.349 e. The van der Waals surface area contributed by atoms with Crippen LogP contribution in [0.1, 0.15) is 11.1 Å². The van der Waals surface area contributed by atoms with Crippen molar-refractivity contribution in [2.75, 3.05) is 5.32 Å². The summed E-state index contributed by atoms with van der Waals surface area (Å²) in [5, 5.41) is 22.0. The Morgan fingerprint density at radius 2 is 1.88 bits per heavy atom. The van der Waals surface area contributed by atoms with Crippen LogP contribution in [0.15, 0.2) is 66.7 Å². The fraction of sp³-hybridized carbons (Fsp3) is 0.0435. The van der Waals surface area contributed by atoms with Gasteiger partial charge in [-0.25, -0.2) is 14.6 Å². The molecule has 0 unspecified atom stereocenters. The lowest BCUT2D eigenvalue weighted by atomic mass is 10.1. The molecule has 4 rings (SSSR count). The van der Waals surface area contributed by atoms with Crippen molar-refractivity contribution in [3.05, 3.63) is 88.6 Å². The van der Waals surface area contributed by atoms with Gasteiger partial charge in [-0.05, 0) is 47.6 Å². The quantitative estimate of drug-likeness (QED) is 0.163. The van der Waals surface area contributed by atoms with Crippen molar-refractivity contribution < 1.29 is 29.3 Å². The Labute approximate surface area is 181 Å². The number of benzene rings is 3.